The van der Waals surface area contributed by atoms with E-state index >= 15 is 0 Å². The molecule has 2 aromatic carbocycles. The summed E-state index contributed by atoms with van der Waals surface area (Å²) < 4.78 is 5.32. The summed E-state index contributed by atoms with van der Waals surface area (Å²) in [6.07, 6.45) is 6.01. The molecule has 25 heavy (non-hydrogen) atoms. The van der Waals surface area contributed by atoms with E-state index in [2.05, 4.69) is 64.1 Å². The molecule has 0 saturated heterocycles. The first-order valence-electron chi connectivity index (χ1n) is 9.69. The van der Waals surface area contributed by atoms with Gasteiger partial charge in [0, 0.05) is 0 Å². The molecule has 0 aliphatic rings. The van der Waals surface area contributed by atoms with Gasteiger partial charge in [0.15, 0.2) is 0 Å². The molecule has 1 atom stereocenters. The summed E-state index contributed by atoms with van der Waals surface area (Å²) in [4.78, 5) is 0. The Balaban J connectivity index is 1.89. The van der Waals surface area contributed by atoms with Gasteiger partial charge in [-0.05, 0) is 79.7 Å². The summed E-state index contributed by atoms with van der Waals surface area (Å²) in [6.45, 7) is 9.20. The number of aryl methyl sites for hydroxylation is 3. The Morgan fingerprint density at radius 2 is 1.64 bits per heavy atom. The molecular weight excluding hydrogens is 304 g/mol. The first kappa shape index (κ1) is 19.6. The van der Waals surface area contributed by atoms with Crippen molar-refractivity contribution in [1.29, 1.82) is 0 Å². The molecule has 1 heteroatoms. The van der Waals surface area contributed by atoms with Gasteiger partial charge in [-0.15, -0.1) is 0 Å². The van der Waals surface area contributed by atoms with Gasteiger partial charge in [0.05, 0.1) is 7.11 Å². The molecule has 2 rings (SSSR count). The van der Waals surface area contributed by atoms with E-state index in [9.17, 15) is 0 Å². The zero-order valence-corrected chi connectivity index (χ0v) is 16.6. The SMILES string of the molecule is COc1cccc(CCC(C)CCc2cc(C)ccc2CC(C)C)c1. The first-order valence-corrected chi connectivity index (χ1v) is 9.69. The largest absolute Gasteiger partial charge is 0.497 e. The van der Waals surface area contributed by atoms with Gasteiger partial charge in [-0.3, -0.25) is 0 Å². The van der Waals surface area contributed by atoms with Gasteiger partial charge in [0.2, 0.25) is 0 Å². The standard InChI is InChI=1S/C24H34O/c1-18(2)15-22-14-11-20(4)16-23(22)13-10-19(3)9-12-21-7-6-8-24(17-21)25-5/h6-8,11,14,16-19H,9-10,12-13,15H2,1-5H3. The second-order valence-electron chi connectivity index (χ2n) is 7.90. The van der Waals surface area contributed by atoms with E-state index in [1.54, 1.807) is 18.2 Å². The van der Waals surface area contributed by atoms with Crippen molar-refractivity contribution in [2.24, 2.45) is 11.8 Å². The normalized spacial score (nSPS) is 12.4. The van der Waals surface area contributed by atoms with Gasteiger partial charge in [-0.25, -0.2) is 0 Å². The molecule has 136 valence electrons. The van der Waals surface area contributed by atoms with Crippen molar-refractivity contribution in [2.75, 3.05) is 7.11 Å². The highest BCUT2D eigenvalue weighted by molar-refractivity contribution is 5.32. The lowest BCUT2D eigenvalue weighted by Gasteiger charge is -2.16. The van der Waals surface area contributed by atoms with Gasteiger partial charge in [-0.2, -0.15) is 0 Å². The molecule has 2 aromatic rings. The Morgan fingerprint density at radius 3 is 2.36 bits per heavy atom. The van der Waals surface area contributed by atoms with Crippen LogP contribution in [0.4, 0.5) is 0 Å². The molecular formula is C24H34O. The molecule has 0 spiro atoms. The van der Waals surface area contributed by atoms with Crippen LogP contribution in [0.15, 0.2) is 42.5 Å². The predicted octanol–water partition coefficient (Wildman–Crippen LogP) is 6.40. The van der Waals surface area contributed by atoms with Crippen LogP contribution in [0.25, 0.3) is 0 Å². The lowest BCUT2D eigenvalue weighted by atomic mass is 9.90. The summed E-state index contributed by atoms with van der Waals surface area (Å²) >= 11 is 0. The third kappa shape index (κ3) is 6.57. The quantitative estimate of drug-likeness (QED) is 0.514. The third-order valence-electron chi connectivity index (χ3n) is 4.96. The van der Waals surface area contributed by atoms with Gasteiger partial charge < -0.3 is 4.74 Å². The van der Waals surface area contributed by atoms with E-state index in [0.717, 1.165) is 18.1 Å². The van der Waals surface area contributed by atoms with Crippen molar-refractivity contribution >= 4 is 0 Å². The number of methoxy groups -OCH3 is 1. The average Bonchev–Trinajstić information content (AvgIpc) is 2.60. The van der Waals surface area contributed by atoms with Crippen LogP contribution in [0, 0.1) is 18.8 Å². The van der Waals surface area contributed by atoms with Crippen molar-refractivity contribution in [3.05, 3.63) is 64.7 Å². The molecule has 0 aromatic heterocycles. The fraction of sp³-hybridized carbons (Fsp3) is 0.500. The Kier molecular flexibility index (Phi) is 7.55. The molecule has 0 fully saturated rings. The lowest BCUT2D eigenvalue weighted by molar-refractivity contribution is 0.413. The van der Waals surface area contributed by atoms with Crippen LogP contribution in [-0.2, 0) is 19.3 Å². The van der Waals surface area contributed by atoms with E-state index in [0.29, 0.717) is 5.92 Å². The fourth-order valence-electron chi connectivity index (χ4n) is 3.41. The van der Waals surface area contributed by atoms with E-state index < -0.39 is 0 Å². The van der Waals surface area contributed by atoms with E-state index in [4.69, 9.17) is 4.74 Å². The summed E-state index contributed by atoms with van der Waals surface area (Å²) in [5.41, 5.74) is 5.86. The van der Waals surface area contributed by atoms with Crippen molar-refractivity contribution in [3.8, 4) is 5.75 Å². The highest BCUT2D eigenvalue weighted by Gasteiger charge is 2.09. The van der Waals surface area contributed by atoms with Gasteiger partial charge in [-0.1, -0.05) is 56.7 Å². The second kappa shape index (κ2) is 9.65. The van der Waals surface area contributed by atoms with Crippen LogP contribution in [-0.4, -0.2) is 7.11 Å². The number of hydrogen-bond donors (Lipinski definition) is 0. The molecule has 0 bridgehead atoms. The Hall–Kier alpha value is -1.76. The number of benzene rings is 2. The highest BCUT2D eigenvalue weighted by atomic mass is 16.5. The minimum atomic E-state index is 0.715. The van der Waals surface area contributed by atoms with Crippen LogP contribution in [0.3, 0.4) is 0 Å². The number of ether oxygens (including phenoxy) is 1. The van der Waals surface area contributed by atoms with Crippen molar-refractivity contribution in [3.63, 3.8) is 0 Å². The van der Waals surface area contributed by atoms with E-state index in [-0.39, 0.29) is 0 Å². The van der Waals surface area contributed by atoms with Crippen LogP contribution in [0.2, 0.25) is 0 Å². The van der Waals surface area contributed by atoms with Gasteiger partial charge in [0.1, 0.15) is 5.75 Å². The minimum Gasteiger partial charge on any atom is -0.497 e. The topological polar surface area (TPSA) is 9.23 Å². The Labute approximate surface area is 154 Å². The molecule has 1 unspecified atom stereocenters. The Morgan fingerprint density at radius 1 is 0.880 bits per heavy atom. The molecule has 0 amide bonds. The first-order chi connectivity index (χ1) is 12.0. The molecule has 0 N–H and O–H groups in total. The second-order valence-corrected chi connectivity index (χ2v) is 7.90. The molecule has 0 aliphatic heterocycles. The van der Waals surface area contributed by atoms with Crippen LogP contribution >= 0.6 is 0 Å². The molecule has 1 nitrogen and oxygen atoms in total. The zero-order valence-electron chi connectivity index (χ0n) is 16.6. The Bertz CT molecular complexity index is 657. The monoisotopic (exact) mass is 338 g/mol. The summed E-state index contributed by atoms with van der Waals surface area (Å²) in [7, 11) is 1.73. The van der Waals surface area contributed by atoms with Crippen LogP contribution < -0.4 is 4.74 Å². The molecule has 0 aliphatic carbocycles. The van der Waals surface area contributed by atoms with E-state index in [1.807, 2.05) is 6.07 Å². The number of hydrogen-bond acceptors (Lipinski definition) is 1. The zero-order chi connectivity index (χ0) is 18.2. The van der Waals surface area contributed by atoms with Crippen LogP contribution in [0.5, 0.6) is 5.75 Å². The number of rotatable bonds is 9. The molecule has 0 saturated carbocycles. The van der Waals surface area contributed by atoms with Gasteiger partial charge in [0.25, 0.3) is 0 Å². The maximum atomic E-state index is 5.32. The highest BCUT2D eigenvalue weighted by Crippen LogP contribution is 2.22. The summed E-state index contributed by atoms with van der Waals surface area (Å²) in [6, 6.07) is 15.5. The fourth-order valence-corrected chi connectivity index (χ4v) is 3.41. The predicted molar refractivity (Wildman–Crippen MR) is 109 cm³/mol. The van der Waals surface area contributed by atoms with Crippen molar-refractivity contribution in [1.82, 2.24) is 0 Å². The van der Waals surface area contributed by atoms with Crippen LogP contribution in [0.1, 0.15) is 55.9 Å². The minimum absolute atomic E-state index is 0.715. The average molecular weight is 339 g/mol. The van der Waals surface area contributed by atoms with Gasteiger partial charge >= 0.3 is 0 Å². The van der Waals surface area contributed by atoms with Crippen molar-refractivity contribution in [2.45, 2.75) is 59.8 Å². The lowest BCUT2D eigenvalue weighted by Crippen LogP contribution is -2.04. The smallest absolute Gasteiger partial charge is 0.119 e. The maximum Gasteiger partial charge on any atom is 0.119 e. The molecule has 0 heterocycles. The summed E-state index contributed by atoms with van der Waals surface area (Å²) in [5, 5.41) is 0. The third-order valence-corrected chi connectivity index (χ3v) is 4.96. The molecule has 0 radical (unpaired) electrons. The van der Waals surface area contributed by atoms with E-state index in [1.165, 1.54) is 36.8 Å². The van der Waals surface area contributed by atoms with Crippen molar-refractivity contribution < 1.29 is 4.74 Å². The maximum absolute atomic E-state index is 5.32. The summed E-state index contributed by atoms with van der Waals surface area (Å²) in [5.74, 6) is 2.41.